The molecule has 1 aromatic heterocycles. The van der Waals surface area contributed by atoms with E-state index < -0.39 is 0 Å². The van der Waals surface area contributed by atoms with E-state index in [0.717, 1.165) is 20.4 Å². The van der Waals surface area contributed by atoms with Gasteiger partial charge in [0.1, 0.15) is 5.01 Å². The Hall–Kier alpha value is -0.430. The molecule has 0 bridgehead atoms. The van der Waals surface area contributed by atoms with Crippen molar-refractivity contribution in [3.63, 3.8) is 0 Å². The highest BCUT2D eigenvalue weighted by atomic mass is 79.9. The van der Waals surface area contributed by atoms with Crippen LogP contribution < -0.4 is 5.32 Å². The number of nitrogens with one attached hydrogen (secondary N) is 1. The summed E-state index contributed by atoms with van der Waals surface area (Å²) in [4.78, 5) is 1.22. The maximum atomic E-state index is 4.18. The van der Waals surface area contributed by atoms with Gasteiger partial charge >= 0.3 is 0 Å². The van der Waals surface area contributed by atoms with Crippen molar-refractivity contribution in [1.82, 2.24) is 15.5 Å². The lowest BCUT2D eigenvalue weighted by Crippen LogP contribution is -2.18. The minimum atomic E-state index is 0.328. The maximum Gasteiger partial charge on any atom is 0.179 e. The number of rotatable bonds is 5. The van der Waals surface area contributed by atoms with E-state index in [4.69, 9.17) is 0 Å². The third-order valence-corrected chi connectivity index (χ3v) is 5.11. The molecule has 102 valence electrons. The molecule has 1 aromatic carbocycles. The lowest BCUT2D eigenvalue weighted by molar-refractivity contribution is 0.589. The van der Waals surface area contributed by atoms with E-state index in [1.165, 1.54) is 10.5 Å². The lowest BCUT2D eigenvalue weighted by Gasteiger charge is -2.16. The van der Waals surface area contributed by atoms with E-state index in [1.807, 2.05) is 6.92 Å². The van der Waals surface area contributed by atoms with Gasteiger partial charge < -0.3 is 5.32 Å². The van der Waals surface area contributed by atoms with Crippen LogP contribution in [0.3, 0.4) is 0 Å². The van der Waals surface area contributed by atoms with Crippen molar-refractivity contribution < 1.29 is 0 Å². The van der Waals surface area contributed by atoms with Crippen LogP contribution in [0.15, 0.2) is 31.9 Å². The molecule has 2 aromatic rings. The molecule has 0 radical (unpaired) electrons. The Morgan fingerprint density at radius 1 is 1.42 bits per heavy atom. The largest absolute Gasteiger partial charge is 0.310 e. The summed E-state index contributed by atoms with van der Waals surface area (Å²) in [5.41, 5.74) is 1.29. The van der Waals surface area contributed by atoms with E-state index in [0.29, 0.717) is 6.04 Å². The second-order valence-electron chi connectivity index (χ2n) is 4.15. The molecule has 0 saturated carbocycles. The van der Waals surface area contributed by atoms with Crippen molar-refractivity contribution in [2.45, 2.75) is 36.0 Å². The highest BCUT2D eigenvalue weighted by Crippen LogP contribution is 2.36. The number of nitrogens with zero attached hydrogens (tertiary/aromatic N) is 2. The van der Waals surface area contributed by atoms with Gasteiger partial charge in [-0.25, -0.2) is 0 Å². The molecule has 1 heterocycles. The fourth-order valence-corrected chi connectivity index (χ4v) is 4.33. The van der Waals surface area contributed by atoms with E-state index in [9.17, 15) is 0 Å². The van der Waals surface area contributed by atoms with E-state index >= 15 is 0 Å². The standard InChI is InChI=1S/C13H16BrN3S2/c1-4-15-8(2)11-6-5-10(14)7-12(11)19-13-17-16-9(3)18-13/h5-8,15H,4H2,1-3H3. The quantitative estimate of drug-likeness (QED) is 0.858. The molecule has 0 aliphatic heterocycles. The first-order valence-electron chi connectivity index (χ1n) is 6.11. The Morgan fingerprint density at radius 2 is 2.21 bits per heavy atom. The number of halogens is 1. The van der Waals surface area contributed by atoms with Gasteiger partial charge in [0.05, 0.1) is 0 Å². The molecular weight excluding hydrogens is 342 g/mol. The van der Waals surface area contributed by atoms with Crippen LogP contribution in [0, 0.1) is 6.92 Å². The number of aromatic nitrogens is 2. The summed E-state index contributed by atoms with van der Waals surface area (Å²) in [6.07, 6.45) is 0. The second kappa shape index (κ2) is 6.83. The fourth-order valence-electron chi connectivity index (χ4n) is 1.78. The molecule has 6 heteroatoms. The van der Waals surface area contributed by atoms with E-state index in [2.05, 4.69) is 63.5 Å². The Labute approximate surface area is 130 Å². The summed E-state index contributed by atoms with van der Waals surface area (Å²) in [6.45, 7) is 7.24. The Balaban J connectivity index is 2.29. The van der Waals surface area contributed by atoms with Gasteiger partial charge in [0.15, 0.2) is 4.34 Å². The van der Waals surface area contributed by atoms with Crippen LogP contribution in [-0.4, -0.2) is 16.7 Å². The van der Waals surface area contributed by atoms with Gasteiger partial charge in [0, 0.05) is 15.4 Å². The summed E-state index contributed by atoms with van der Waals surface area (Å²) < 4.78 is 2.07. The van der Waals surface area contributed by atoms with Crippen LogP contribution in [0.2, 0.25) is 0 Å². The van der Waals surface area contributed by atoms with Crippen molar-refractivity contribution in [2.75, 3.05) is 6.54 Å². The maximum absolute atomic E-state index is 4.18. The van der Waals surface area contributed by atoms with Gasteiger partial charge in [-0.15, -0.1) is 10.2 Å². The van der Waals surface area contributed by atoms with Gasteiger partial charge in [-0.05, 0) is 38.1 Å². The summed E-state index contributed by atoms with van der Waals surface area (Å²) in [6, 6.07) is 6.71. The number of hydrogen-bond acceptors (Lipinski definition) is 5. The summed E-state index contributed by atoms with van der Waals surface area (Å²) in [5, 5.41) is 12.7. The number of aryl methyl sites for hydroxylation is 1. The topological polar surface area (TPSA) is 37.8 Å². The van der Waals surface area contributed by atoms with Crippen molar-refractivity contribution in [1.29, 1.82) is 0 Å². The Bertz CT molecular complexity index is 557. The van der Waals surface area contributed by atoms with Crippen LogP contribution in [0.5, 0.6) is 0 Å². The highest BCUT2D eigenvalue weighted by molar-refractivity contribution is 9.10. The summed E-state index contributed by atoms with van der Waals surface area (Å²) in [5.74, 6) is 0. The van der Waals surface area contributed by atoms with Crippen molar-refractivity contribution in [2.24, 2.45) is 0 Å². The molecule has 2 rings (SSSR count). The first kappa shape index (κ1) is 15.0. The summed E-state index contributed by atoms with van der Waals surface area (Å²) >= 11 is 6.84. The molecule has 1 N–H and O–H groups in total. The Kier molecular flexibility index (Phi) is 5.38. The molecule has 3 nitrogen and oxygen atoms in total. The molecule has 0 aliphatic carbocycles. The normalized spacial score (nSPS) is 12.6. The number of hydrogen-bond donors (Lipinski definition) is 1. The molecule has 0 fully saturated rings. The van der Waals surface area contributed by atoms with Gasteiger partial charge in [-0.3, -0.25) is 0 Å². The second-order valence-corrected chi connectivity index (χ2v) is 7.54. The average molecular weight is 358 g/mol. The lowest BCUT2D eigenvalue weighted by atomic mass is 10.1. The molecule has 1 atom stereocenters. The van der Waals surface area contributed by atoms with Gasteiger partial charge in [-0.2, -0.15) is 0 Å². The van der Waals surface area contributed by atoms with Crippen LogP contribution in [0.4, 0.5) is 0 Å². The van der Waals surface area contributed by atoms with Crippen molar-refractivity contribution in [3.05, 3.63) is 33.2 Å². The monoisotopic (exact) mass is 357 g/mol. The Morgan fingerprint density at radius 3 is 2.84 bits per heavy atom. The zero-order valence-corrected chi connectivity index (χ0v) is 14.3. The molecule has 19 heavy (non-hydrogen) atoms. The highest BCUT2D eigenvalue weighted by Gasteiger charge is 2.13. The molecule has 0 amide bonds. The smallest absolute Gasteiger partial charge is 0.179 e. The predicted molar refractivity (Wildman–Crippen MR) is 85.0 cm³/mol. The average Bonchev–Trinajstić information content (AvgIpc) is 2.75. The van der Waals surface area contributed by atoms with Gasteiger partial charge in [0.25, 0.3) is 0 Å². The zero-order valence-electron chi connectivity index (χ0n) is 11.1. The van der Waals surface area contributed by atoms with Crippen LogP contribution in [0.25, 0.3) is 0 Å². The minimum absolute atomic E-state index is 0.328. The SMILES string of the molecule is CCNC(C)c1ccc(Br)cc1Sc1nnc(C)s1. The summed E-state index contributed by atoms with van der Waals surface area (Å²) in [7, 11) is 0. The van der Waals surface area contributed by atoms with E-state index in [1.54, 1.807) is 23.1 Å². The fraction of sp³-hybridized carbons (Fsp3) is 0.385. The molecular formula is C13H16BrN3S2. The third-order valence-electron chi connectivity index (χ3n) is 2.66. The molecule has 0 saturated heterocycles. The van der Waals surface area contributed by atoms with Crippen LogP contribution in [-0.2, 0) is 0 Å². The van der Waals surface area contributed by atoms with E-state index in [-0.39, 0.29) is 0 Å². The van der Waals surface area contributed by atoms with Gasteiger partial charge in [-0.1, -0.05) is 52.0 Å². The first-order chi connectivity index (χ1) is 9.10. The molecule has 0 aliphatic rings. The predicted octanol–water partition coefficient (Wildman–Crippen LogP) is 4.43. The third kappa shape index (κ3) is 4.02. The van der Waals surface area contributed by atoms with Crippen LogP contribution >= 0.6 is 39.0 Å². The minimum Gasteiger partial charge on any atom is -0.310 e. The number of benzene rings is 1. The van der Waals surface area contributed by atoms with Crippen molar-refractivity contribution in [3.8, 4) is 0 Å². The molecule has 0 spiro atoms. The van der Waals surface area contributed by atoms with Crippen molar-refractivity contribution >= 4 is 39.0 Å². The first-order valence-corrected chi connectivity index (χ1v) is 8.53. The zero-order chi connectivity index (χ0) is 13.8. The molecule has 1 unspecified atom stereocenters. The van der Waals surface area contributed by atoms with Crippen LogP contribution in [0.1, 0.15) is 30.5 Å². The van der Waals surface area contributed by atoms with Gasteiger partial charge in [0.2, 0.25) is 0 Å².